The molecule has 0 aliphatic rings. The summed E-state index contributed by atoms with van der Waals surface area (Å²) >= 11 is 7.03. The third kappa shape index (κ3) is 4.54. The molecule has 1 amide bonds. The smallest absolute Gasteiger partial charge is 0.234 e. The maximum atomic E-state index is 11.5. The van der Waals surface area contributed by atoms with Crippen molar-refractivity contribution in [1.82, 2.24) is 0 Å². The highest BCUT2D eigenvalue weighted by molar-refractivity contribution is 8.14. The maximum absolute atomic E-state index is 11.5. The first kappa shape index (κ1) is 13.7. The van der Waals surface area contributed by atoms with E-state index in [-0.39, 0.29) is 16.8 Å². The second kappa shape index (κ2) is 6.36. The average molecular weight is 273 g/mol. The Hall–Kier alpha value is -1.40. The van der Waals surface area contributed by atoms with Gasteiger partial charge in [0.2, 0.25) is 5.91 Å². The Morgan fingerprint density at radius 3 is 2.88 bits per heavy atom. The molecule has 0 aliphatic carbocycles. The van der Waals surface area contributed by atoms with Crippen LogP contribution in [0.4, 0.5) is 5.69 Å². The molecule has 7 heteroatoms. The predicted molar refractivity (Wildman–Crippen MR) is 73.1 cm³/mol. The molecule has 1 aromatic carbocycles. The van der Waals surface area contributed by atoms with Crippen molar-refractivity contribution in [3.63, 3.8) is 0 Å². The lowest BCUT2D eigenvalue weighted by Crippen LogP contribution is -2.18. The van der Waals surface area contributed by atoms with E-state index in [9.17, 15) is 4.79 Å². The number of anilines is 1. The second-order valence-electron chi connectivity index (χ2n) is 3.29. The van der Waals surface area contributed by atoms with Crippen molar-refractivity contribution >= 4 is 40.1 Å². The number of thioether (sulfide) groups is 1. The summed E-state index contributed by atoms with van der Waals surface area (Å²) in [4.78, 5) is 11.5. The fourth-order valence-electron chi connectivity index (χ4n) is 1.08. The summed E-state index contributed by atoms with van der Waals surface area (Å²) in [5.41, 5.74) is 6.95. The first-order chi connectivity index (χ1) is 8.02. The van der Waals surface area contributed by atoms with Crippen LogP contribution >= 0.6 is 23.4 Å². The van der Waals surface area contributed by atoms with Gasteiger partial charge in [0.05, 0.1) is 16.5 Å². The van der Waals surface area contributed by atoms with E-state index in [1.54, 1.807) is 12.1 Å². The third-order valence-corrected chi connectivity index (χ3v) is 3.00. The molecule has 5 nitrogen and oxygen atoms in total. The van der Waals surface area contributed by atoms with Gasteiger partial charge < -0.3 is 16.9 Å². The zero-order valence-corrected chi connectivity index (χ0v) is 10.8. The Morgan fingerprint density at radius 1 is 1.59 bits per heavy atom. The SMILES string of the molecule is Cc1ccc(NC(=O)CSC(N)=NN)c(Cl)c1. The lowest BCUT2D eigenvalue weighted by atomic mass is 10.2. The molecule has 0 atom stereocenters. The minimum Gasteiger partial charge on any atom is -0.377 e. The van der Waals surface area contributed by atoms with Crippen LogP contribution in [0.15, 0.2) is 23.3 Å². The van der Waals surface area contributed by atoms with Crippen molar-refractivity contribution in [1.29, 1.82) is 0 Å². The van der Waals surface area contributed by atoms with Crippen LogP contribution < -0.4 is 16.9 Å². The number of nitrogens with zero attached hydrogens (tertiary/aromatic N) is 1. The molecule has 0 saturated carbocycles. The standard InChI is InChI=1S/C10H13ClN4OS/c1-6-2-3-8(7(11)4-6)14-9(16)5-17-10(12)15-13/h2-4H,5,13H2,1H3,(H2,12,15)(H,14,16). The van der Waals surface area contributed by atoms with Gasteiger partial charge in [0.25, 0.3) is 0 Å². The highest BCUT2D eigenvalue weighted by Gasteiger charge is 2.07. The van der Waals surface area contributed by atoms with Crippen LogP contribution in [0.25, 0.3) is 0 Å². The Bertz CT molecular complexity index is 450. The molecule has 1 aromatic rings. The monoisotopic (exact) mass is 272 g/mol. The Labute approximate surface area is 109 Å². The molecule has 5 N–H and O–H groups in total. The summed E-state index contributed by atoms with van der Waals surface area (Å²) in [7, 11) is 0. The molecule has 1 rings (SSSR count). The topological polar surface area (TPSA) is 93.5 Å². The third-order valence-electron chi connectivity index (χ3n) is 1.88. The molecule has 0 heterocycles. The Kier molecular flexibility index (Phi) is 5.11. The number of halogens is 1. The first-order valence-corrected chi connectivity index (χ1v) is 6.11. The summed E-state index contributed by atoms with van der Waals surface area (Å²) in [6.45, 7) is 1.92. The normalized spacial score (nSPS) is 11.3. The van der Waals surface area contributed by atoms with Crippen LogP contribution in [-0.2, 0) is 4.79 Å². The van der Waals surface area contributed by atoms with E-state index in [1.165, 1.54) is 0 Å². The van der Waals surface area contributed by atoms with Crippen LogP contribution in [0.5, 0.6) is 0 Å². The van der Waals surface area contributed by atoms with E-state index in [0.29, 0.717) is 10.7 Å². The van der Waals surface area contributed by atoms with Crippen molar-refractivity contribution in [2.75, 3.05) is 11.1 Å². The van der Waals surface area contributed by atoms with Gasteiger partial charge in [0.1, 0.15) is 0 Å². The number of nitrogens with one attached hydrogen (secondary N) is 1. The summed E-state index contributed by atoms with van der Waals surface area (Å²) in [5.74, 6) is 4.86. The van der Waals surface area contributed by atoms with Gasteiger partial charge in [-0.25, -0.2) is 0 Å². The van der Waals surface area contributed by atoms with E-state index in [2.05, 4.69) is 10.4 Å². The number of aryl methyl sites for hydroxylation is 1. The molecular formula is C10H13ClN4OS. The molecule has 0 unspecified atom stereocenters. The zero-order valence-electron chi connectivity index (χ0n) is 9.24. The van der Waals surface area contributed by atoms with E-state index in [1.807, 2.05) is 13.0 Å². The van der Waals surface area contributed by atoms with E-state index < -0.39 is 0 Å². The fraction of sp³-hybridized carbons (Fsp3) is 0.200. The maximum Gasteiger partial charge on any atom is 0.234 e. The number of nitrogens with two attached hydrogens (primary N) is 2. The Balaban J connectivity index is 2.56. The van der Waals surface area contributed by atoms with E-state index in [4.69, 9.17) is 23.2 Å². The molecule has 0 saturated heterocycles. The fourth-order valence-corrected chi connectivity index (χ4v) is 1.79. The van der Waals surface area contributed by atoms with Crippen LogP contribution in [0.2, 0.25) is 5.02 Å². The molecular weight excluding hydrogens is 260 g/mol. The summed E-state index contributed by atoms with van der Waals surface area (Å²) < 4.78 is 0. The number of hydrogen-bond acceptors (Lipinski definition) is 4. The van der Waals surface area contributed by atoms with Gasteiger partial charge in [-0.3, -0.25) is 4.79 Å². The first-order valence-electron chi connectivity index (χ1n) is 4.75. The molecule has 0 bridgehead atoms. The number of rotatable bonds is 3. The van der Waals surface area contributed by atoms with Crippen LogP contribution in [0, 0.1) is 6.92 Å². The van der Waals surface area contributed by atoms with Gasteiger partial charge in [-0.05, 0) is 24.6 Å². The zero-order chi connectivity index (χ0) is 12.8. The van der Waals surface area contributed by atoms with Gasteiger partial charge in [-0.2, -0.15) is 5.10 Å². The van der Waals surface area contributed by atoms with Gasteiger partial charge in [0, 0.05) is 0 Å². The number of amides is 1. The van der Waals surface area contributed by atoms with Crippen molar-refractivity contribution in [2.45, 2.75) is 6.92 Å². The molecule has 0 fully saturated rings. The quantitative estimate of drug-likeness (QED) is 0.336. The number of hydrogen-bond donors (Lipinski definition) is 3. The van der Waals surface area contributed by atoms with Crippen molar-refractivity contribution in [2.24, 2.45) is 16.7 Å². The van der Waals surface area contributed by atoms with Crippen LogP contribution in [-0.4, -0.2) is 16.8 Å². The molecule has 0 radical (unpaired) electrons. The molecule has 0 aromatic heterocycles. The van der Waals surface area contributed by atoms with Crippen molar-refractivity contribution in [3.05, 3.63) is 28.8 Å². The second-order valence-corrected chi connectivity index (χ2v) is 4.69. The minimum atomic E-state index is -0.215. The summed E-state index contributed by atoms with van der Waals surface area (Å²) in [6, 6.07) is 5.39. The highest BCUT2D eigenvalue weighted by Crippen LogP contribution is 2.22. The van der Waals surface area contributed by atoms with Gasteiger partial charge >= 0.3 is 0 Å². The predicted octanol–water partition coefficient (Wildman–Crippen LogP) is 1.51. The number of amidine groups is 1. The average Bonchev–Trinajstić information content (AvgIpc) is 2.29. The van der Waals surface area contributed by atoms with Crippen molar-refractivity contribution < 1.29 is 4.79 Å². The van der Waals surface area contributed by atoms with E-state index >= 15 is 0 Å². The van der Waals surface area contributed by atoms with Crippen molar-refractivity contribution in [3.8, 4) is 0 Å². The molecule has 0 spiro atoms. The highest BCUT2D eigenvalue weighted by atomic mass is 35.5. The largest absolute Gasteiger partial charge is 0.377 e. The molecule has 0 aliphatic heterocycles. The van der Waals surface area contributed by atoms with Gasteiger partial charge in [0.15, 0.2) is 5.17 Å². The number of benzene rings is 1. The number of carbonyl (C=O) groups excluding carboxylic acids is 1. The summed E-state index contributed by atoms with van der Waals surface area (Å²) in [5, 5.41) is 6.59. The van der Waals surface area contributed by atoms with Crippen LogP contribution in [0.3, 0.4) is 0 Å². The molecule has 92 valence electrons. The number of hydrazone groups is 1. The lowest BCUT2D eigenvalue weighted by molar-refractivity contribution is -0.113. The van der Waals surface area contributed by atoms with Gasteiger partial charge in [-0.15, -0.1) is 0 Å². The summed E-state index contributed by atoms with van der Waals surface area (Å²) in [6.07, 6.45) is 0. The minimum absolute atomic E-state index is 0.136. The molecule has 17 heavy (non-hydrogen) atoms. The van der Waals surface area contributed by atoms with E-state index in [0.717, 1.165) is 17.3 Å². The number of carbonyl (C=O) groups is 1. The Morgan fingerprint density at radius 2 is 2.29 bits per heavy atom. The van der Waals surface area contributed by atoms with Gasteiger partial charge in [-0.1, -0.05) is 29.4 Å². The lowest BCUT2D eigenvalue weighted by Gasteiger charge is -2.07. The van der Waals surface area contributed by atoms with Crippen LogP contribution in [0.1, 0.15) is 5.56 Å².